The highest BCUT2D eigenvalue weighted by atomic mass is 35.5. The maximum absolute atomic E-state index is 12.6. The molecule has 1 aliphatic rings. The zero-order chi connectivity index (χ0) is 19.7. The Bertz CT molecular complexity index is 1100. The minimum Gasteiger partial charge on any atom is -0.454 e. The standard InChI is InChI=1S/C20H14Cl2N2O3S/c1-11-19(28-20(23-11)24-13-4-5-14(21)15(22)9-13)16(25)6-2-12-3-7-17-18(8-12)27-10-26-17/h2-9H,10H2,1H3,(H,23,24)/b6-2-. The van der Waals surface area contributed by atoms with Crippen LogP contribution in [0.5, 0.6) is 11.5 Å². The SMILES string of the molecule is Cc1nc(Nc2ccc(Cl)c(Cl)c2)sc1C(=O)/C=C\c1ccc2c(c1)OCO2. The van der Waals surface area contributed by atoms with E-state index in [0.717, 1.165) is 11.3 Å². The lowest BCUT2D eigenvalue weighted by molar-refractivity contribution is 0.105. The number of ketones is 1. The van der Waals surface area contributed by atoms with E-state index in [0.29, 0.717) is 37.2 Å². The fourth-order valence-corrected chi connectivity index (χ4v) is 3.85. The number of carbonyl (C=O) groups excluding carboxylic acids is 1. The average Bonchev–Trinajstić information content (AvgIpc) is 3.28. The molecule has 3 aromatic rings. The highest BCUT2D eigenvalue weighted by Gasteiger charge is 2.15. The second-order valence-electron chi connectivity index (χ2n) is 6.00. The first-order chi connectivity index (χ1) is 13.5. The molecule has 0 aliphatic carbocycles. The third-order valence-corrected chi connectivity index (χ3v) is 5.84. The molecule has 1 N–H and O–H groups in total. The van der Waals surface area contributed by atoms with E-state index in [1.165, 1.54) is 17.4 Å². The van der Waals surface area contributed by atoms with Gasteiger partial charge < -0.3 is 14.8 Å². The lowest BCUT2D eigenvalue weighted by Gasteiger charge is -2.03. The van der Waals surface area contributed by atoms with Crippen molar-refractivity contribution in [2.24, 2.45) is 0 Å². The summed E-state index contributed by atoms with van der Waals surface area (Å²) >= 11 is 13.2. The second-order valence-corrected chi connectivity index (χ2v) is 7.81. The number of halogens is 2. The van der Waals surface area contributed by atoms with Gasteiger partial charge in [-0.15, -0.1) is 0 Å². The van der Waals surface area contributed by atoms with Gasteiger partial charge in [0.2, 0.25) is 6.79 Å². The Morgan fingerprint density at radius 3 is 2.79 bits per heavy atom. The minimum absolute atomic E-state index is 0.116. The number of nitrogens with one attached hydrogen (secondary N) is 1. The summed E-state index contributed by atoms with van der Waals surface area (Å²) in [5.41, 5.74) is 2.26. The predicted molar refractivity (Wildman–Crippen MR) is 113 cm³/mol. The third kappa shape index (κ3) is 3.99. The van der Waals surface area contributed by atoms with Crippen LogP contribution >= 0.6 is 34.5 Å². The molecule has 5 nitrogen and oxygen atoms in total. The van der Waals surface area contributed by atoms with Crippen LogP contribution in [0, 0.1) is 6.92 Å². The first-order valence-electron chi connectivity index (χ1n) is 8.31. The summed E-state index contributed by atoms with van der Waals surface area (Å²) in [4.78, 5) is 17.6. The predicted octanol–water partition coefficient (Wildman–Crippen LogP) is 6.13. The Morgan fingerprint density at radius 1 is 1.14 bits per heavy atom. The van der Waals surface area contributed by atoms with Crippen LogP contribution in [-0.2, 0) is 0 Å². The molecular weight excluding hydrogens is 419 g/mol. The molecule has 0 unspecified atom stereocenters. The van der Waals surface area contributed by atoms with E-state index in [2.05, 4.69) is 10.3 Å². The van der Waals surface area contributed by atoms with Crippen molar-refractivity contribution in [2.45, 2.75) is 6.92 Å². The molecule has 4 rings (SSSR count). The number of aromatic nitrogens is 1. The summed E-state index contributed by atoms with van der Waals surface area (Å²) < 4.78 is 10.6. The number of carbonyl (C=O) groups is 1. The van der Waals surface area contributed by atoms with Gasteiger partial charge in [-0.25, -0.2) is 4.98 Å². The van der Waals surface area contributed by atoms with E-state index in [1.54, 1.807) is 31.2 Å². The number of hydrogen-bond acceptors (Lipinski definition) is 6. The monoisotopic (exact) mass is 432 g/mol. The van der Waals surface area contributed by atoms with Crippen LogP contribution in [-0.4, -0.2) is 17.6 Å². The lowest BCUT2D eigenvalue weighted by atomic mass is 10.1. The van der Waals surface area contributed by atoms with Gasteiger partial charge in [0.15, 0.2) is 22.4 Å². The molecule has 0 bridgehead atoms. The fraction of sp³-hybridized carbons (Fsp3) is 0.100. The molecule has 0 saturated carbocycles. The third-order valence-electron chi connectivity index (χ3n) is 4.02. The van der Waals surface area contributed by atoms with Crippen molar-refractivity contribution in [1.82, 2.24) is 4.98 Å². The maximum atomic E-state index is 12.6. The Labute approximate surface area is 175 Å². The molecule has 0 spiro atoms. The molecule has 28 heavy (non-hydrogen) atoms. The van der Waals surface area contributed by atoms with Crippen LogP contribution in [0.2, 0.25) is 10.0 Å². The number of rotatable bonds is 5. The number of hydrogen-bond donors (Lipinski definition) is 1. The molecule has 0 radical (unpaired) electrons. The van der Waals surface area contributed by atoms with Crippen LogP contribution in [0.4, 0.5) is 10.8 Å². The molecule has 0 amide bonds. The van der Waals surface area contributed by atoms with Crippen molar-refractivity contribution >= 4 is 57.2 Å². The van der Waals surface area contributed by atoms with Gasteiger partial charge in [-0.3, -0.25) is 4.79 Å². The number of benzene rings is 2. The summed E-state index contributed by atoms with van der Waals surface area (Å²) in [6.45, 7) is 2.02. The normalized spacial score (nSPS) is 12.5. The first kappa shape index (κ1) is 18.8. The number of nitrogens with zero attached hydrogens (tertiary/aromatic N) is 1. The molecule has 2 aromatic carbocycles. The van der Waals surface area contributed by atoms with E-state index < -0.39 is 0 Å². The smallest absolute Gasteiger partial charge is 0.231 e. The van der Waals surface area contributed by atoms with E-state index in [4.69, 9.17) is 32.7 Å². The van der Waals surface area contributed by atoms with Crippen molar-refractivity contribution in [1.29, 1.82) is 0 Å². The Balaban J connectivity index is 1.49. The second kappa shape index (κ2) is 7.83. The zero-order valence-corrected chi connectivity index (χ0v) is 17.0. The molecule has 1 aromatic heterocycles. The number of anilines is 2. The van der Waals surface area contributed by atoms with Crippen LogP contribution < -0.4 is 14.8 Å². The number of thiazole rings is 1. The molecule has 0 saturated heterocycles. The van der Waals surface area contributed by atoms with Gasteiger partial charge in [0, 0.05) is 5.69 Å². The van der Waals surface area contributed by atoms with Gasteiger partial charge in [-0.1, -0.05) is 46.7 Å². The van der Waals surface area contributed by atoms with Gasteiger partial charge in [-0.05, 0) is 48.9 Å². The maximum Gasteiger partial charge on any atom is 0.231 e. The zero-order valence-electron chi connectivity index (χ0n) is 14.7. The Kier molecular flexibility index (Phi) is 5.26. The van der Waals surface area contributed by atoms with Crippen LogP contribution in [0.25, 0.3) is 6.08 Å². The summed E-state index contributed by atoms with van der Waals surface area (Å²) in [5.74, 6) is 1.27. The van der Waals surface area contributed by atoms with Crippen LogP contribution in [0.3, 0.4) is 0 Å². The van der Waals surface area contributed by atoms with Gasteiger partial charge >= 0.3 is 0 Å². The van der Waals surface area contributed by atoms with Gasteiger partial charge in [0.1, 0.15) is 0 Å². The highest BCUT2D eigenvalue weighted by molar-refractivity contribution is 7.17. The Hall–Kier alpha value is -2.54. The summed E-state index contributed by atoms with van der Waals surface area (Å²) in [7, 11) is 0. The topological polar surface area (TPSA) is 60.5 Å². The number of aryl methyl sites for hydroxylation is 1. The lowest BCUT2D eigenvalue weighted by Crippen LogP contribution is -1.93. The van der Waals surface area contributed by atoms with Crippen LogP contribution in [0.1, 0.15) is 20.9 Å². The van der Waals surface area contributed by atoms with Crippen molar-refractivity contribution in [3.8, 4) is 11.5 Å². The van der Waals surface area contributed by atoms with Crippen molar-refractivity contribution in [3.63, 3.8) is 0 Å². The number of ether oxygens (including phenoxy) is 2. The van der Waals surface area contributed by atoms with E-state index >= 15 is 0 Å². The molecule has 0 fully saturated rings. The summed E-state index contributed by atoms with van der Waals surface area (Å²) in [6, 6.07) is 10.7. The van der Waals surface area contributed by atoms with E-state index in [-0.39, 0.29) is 12.6 Å². The molecule has 8 heteroatoms. The van der Waals surface area contributed by atoms with Crippen LogP contribution in [0.15, 0.2) is 42.5 Å². The van der Waals surface area contributed by atoms with Gasteiger partial charge in [0.05, 0.1) is 20.6 Å². The molecule has 0 atom stereocenters. The van der Waals surface area contributed by atoms with Crippen molar-refractivity contribution in [3.05, 3.63) is 68.7 Å². The van der Waals surface area contributed by atoms with Crippen molar-refractivity contribution < 1.29 is 14.3 Å². The molecular formula is C20H14Cl2N2O3S. The molecule has 142 valence electrons. The number of fused-ring (bicyclic) bond motifs is 1. The summed E-state index contributed by atoms with van der Waals surface area (Å²) in [6.07, 6.45) is 3.27. The Morgan fingerprint density at radius 2 is 1.96 bits per heavy atom. The average molecular weight is 433 g/mol. The van der Waals surface area contributed by atoms with E-state index in [1.807, 2.05) is 18.2 Å². The molecule has 2 heterocycles. The van der Waals surface area contributed by atoms with E-state index in [9.17, 15) is 4.79 Å². The number of allylic oxidation sites excluding steroid dienone is 1. The largest absolute Gasteiger partial charge is 0.454 e. The first-order valence-corrected chi connectivity index (χ1v) is 9.88. The van der Waals surface area contributed by atoms with Gasteiger partial charge in [0.25, 0.3) is 0 Å². The van der Waals surface area contributed by atoms with Crippen molar-refractivity contribution in [2.75, 3.05) is 12.1 Å². The highest BCUT2D eigenvalue weighted by Crippen LogP contribution is 2.33. The quantitative estimate of drug-likeness (QED) is 0.388. The van der Waals surface area contributed by atoms with Gasteiger partial charge in [-0.2, -0.15) is 0 Å². The fourth-order valence-electron chi connectivity index (χ4n) is 2.64. The minimum atomic E-state index is -0.116. The summed E-state index contributed by atoms with van der Waals surface area (Å²) in [5, 5.41) is 4.68. The molecule has 1 aliphatic heterocycles.